The van der Waals surface area contributed by atoms with E-state index in [0.29, 0.717) is 31.9 Å². The molecular formula is C25H26N2O5. The molecule has 0 spiro atoms. The van der Waals surface area contributed by atoms with E-state index in [9.17, 15) is 19.8 Å². The van der Waals surface area contributed by atoms with E-state index in [1.54, 1.807) is 18.2 Å². The first-order chi connectivity index (χ1) is 15.5. The van der Waals surface area contributed by atoms with Crippen LogP contribution < -0.4 is 0 Å². The number of ether oxygens (including phenoxy) is 1. The number of hydrogen-bond donors (Lipinski definition) is 2. The van der Waals surface area contributed by atoms with Crippen molar-refractivity contribution >= 4 is 17.8 Å². The van der Waals surface area contributed by atoms with E-state index in [0.717, 1.165) is 18.7 Å². The molecule has 1 unspecified atom stereocenters. The summed E-state index contributed by atoms with van der Waals surface area (Å²) in [7, 11) is 0. The molecular weight excluding hydrogens is 408 g/mol. The van der Waals surface area contributed by atoms with Gasteiger partial charge in [0.05, 0.1) is 24.8 Å². The lowest BCUT2D eigenvalue weighted by Gasteiger charge is -2.31. The number of carbonyl (C=O) groups is 2. The van der Waals surface area contributed by atoms with Gasteiger partial charge >= 0.3 is 0 Å². The summed E-state index contributed by atoms with van der Waals surface area (Å²) >= 11 is 0. The van der Waals surface area contributed by atoms with E-state index in [4.69, 9.17) is 4.74 Å². The Morgan fingerprint density at radius 2 is 1.78 bits per heavy atom. The summed E-state index contributed by atoms with van der Waals surface area (Å²) in [5, 5.41) is 20.7. The number of amides is 1. The number of aliphatic hydroxyl groups is 1. The van der Waals surface area contributed by atoms with Crippen LogP contribution in [0.15, 0.2) is 72.0 Å². The average Bonchev–Trinajstić information content (AvgIpc) is 3.07. The van der Waals surface area contributed by atoms with Gasteiger partial charge in [-0.2, -0.15) is 0 Å². The number of morpholine rings is 1. The molecule has 4 rings (SSSR count). The second-order valence-electron chi connectivity index (χ2n) is 7.82. The van der Waals surface area contributed by atoms with E-state index >= 15 is 0 Å². The van der Waals surface area contributed by atoms with Crippen LogP contribution in [0.25, 0.3) is 6.08 Å². The summed E-state index contributed by atoms with van der Waals surface area (Å²) < 4.78 is 5.37. The Morgan fingerprint density at radius 1 is 1.03 bits per heavy atom. The quantitative estimate of drug-likeness (QED) is 0.652. The number of allylic oxidation sites excluding steroid dienone is 1. The minimum atomic E-state index is -0.774. The van der Waals surface area contributed by atoms with Crippen molar-refractivity contribution in [2.45, 2.75) is 6.04 Å². The second-order valence-corrected chi connectivity index (χ2v) is 7.82. The van der Waals surface area contributed by atoms with Gasteiger partial charge < -0.3 is 19.8 Å². The number of hydrogen-bond acceptors (Lipinski definition) is 6. The maximum Gasteiger partial charge on any atom is 0.290 e. The monoisotopic (exact) mass is 434 g/mol. The first-order valence-electron chi connectivity index (χ1n) is 10.6. The van der Waals surface area contributed by atoms with Crippen molar-refractivity contribution in [2.24, 2.45) is 0 Å². The number of carbonyl (C=O) groups excluding carboxylic acids is 2. The molecule has 0 bridgehead atoms. The highest BCUT2D eigenvalue weighted by molar-refractivity contribution is 6.14. The highest BCUT2D eigenvalue weighted by Crippen LogP contribution is 2.38. The molecule has 2 aromatic rings. The number of aliphatic hydroxyl groups excluding tert-OH is 1. The van der Waals surface area contributed by atoms with Gasteiger partial charge in [-0.15, -0.1) is 0 Å². The Balaban J connectivity index is 1.62. The molecule has 166 valence electrons. The molecule has 2 N–H and O–H groups in total. The van der Waals surface area contributed by atoms with Crippen LogP contribution in [-0.2, 0) is 14.3 Å². The summed E-state index contributed by atoms with van der Waals surface area (Å²) in [6, 6.07) is 15.0. The standard InChI is InChI=1S/C25H26N2O5/c28-20-8-4-7-19(17-20)23-22(21(29)10-9-18-5-2-1-3-6-18)24(30)25(31)27(23)12-11-26-13-15-32-16-14-26/h1-10,17,23,28,30H,11-16H2. The van der Waals surface area contributed by atoms with Gasteiger partial charge in [-0.25, -0.2) is 0 Å². The van der Waals surface area contributed by atoms with Gasteiger partial charge in [-0.3, -0.25) is 14.5 Å². The predicted octanol–water partition coefficient (Wildman–Crippen LogP) is 2.70. The Bertz CT molecular complexity index is 1040. The number of ketones is 1. The van der Waals surface area contributed by atoms with Crippen LogP contribution >= 0.6 is 0 Å². The second kappa shape index (κ2) is 9.80. The number of rotatable bonds is 7. The third-order valence-electron chi connectivity index (χ3n) is 5.74. The Kier molecular flexibility index (Phi) is 6.68. The highest BCUT2D eigenvalue weighted by Gasteiger charge is 2.42. The van der Waals surface area contributed by atoms with Crippen LogP contribution in [-0.4, -0.2) is 71.1 Å². The van der Waals surface area contributed by atoms with E-state index in [-0.39, 0.29) is 11.3 Å². The first kappa shape index (κ1) is 21.8. The predicted molar refractivity (Wildman–Crippen MR) is 120 cm³/mol. The van der Waals surface area contributed by atoms with Crippen molar-refractivity contribution in [1.82, 2.24) is 9.80 Å². The lowest BCUT2D eigenvalue weighted by atomic mass is 9.95. The van der Waals surface area contributed by atoms with Crippen LogP contribution in [0.1, 0.15) is 17.2 Å². The first-order valence-corrected chi connectivity index (χ1v) is 10.6. The summed E-state index contributed by atoms with van der Waals surface area (Å²) in [6.45, 7) is 3.75. The summed E-state index contributed by atoms with van der Waals surface area (Å²) in [5.41, 5.74) is 1.43. The molecule has 1 saturated heterocycles. The fourth-order valence-corrected chi connectivity index (χ4v) is 4.08. The summed E-state index contributed by atoms with van der Waals surface area (Å²) in [6.07, 6.45) is 3.03. The molecule has 7 heteroatoms. The van der Waals surface area contributed by atoms with Gasteiger partial charge in [-0.1, -0.05) is 48.5 Å². The van der Waals surface area contributed by atoms with Crippen LogP contribution in [0.5, 0.6) is 5.75 Å². The molecule has 32 heavy (non-hydrogen) atoms. The van der Waals surface area contributed by atoms with Gasteiger partial charge in [0.1, 0.15) is 5.75 Å². The zero-order valence-electron chi connectivity index (χ0n) is 17.7. The molecule has 1 atom stereocenters. The van der Waals surface area contributed by atoms with Crippen LogP contribution in [0.4, 0.5) is 0 Å². The van der Waals surface area contributed by atoms with Crippen molar-refractivity contribution in [3.05, 3.63) is 83.1 Å². The molecule has 2 heterocycles. The Labute approximate surface area is 186 Å². The maximum atomic E-state index is 13.1. The molecule has 0 radical (unpaired) electrons. The molecule has 2 aromatic carbocycles. The molecule has 1 amide bonds. The maximum absolute atomic E-state index is 13.1. The molecule has 7 nitrogen and oxygen atoms in total. The van der Waals surface area contributed by atoms with Crippen LogP contribution in [0.2, 0.25) is 0 Å². The Hall–Kier alpha value is -3.42. The molecule has 0 aromatic heterocycles. The van der Waals surface area contributed by atoms with Crippen molar-refractivity contribution in [1.29, 1.82) is 0 Å². The Morgan fingerprint density at radius 3 is 2.50 bits per heavy atom. The van der Waals surface area contributed by atoms with Crippen LogP contribution in [0.3, 0.4) is 0 Å². The largest absolute Gasteiger partial charge is 0.508 e. The average molecular weight is 434 g/mol. The zero-order valence-corrected chi connectivity index (χ0v) is 17.7. The van der Waals surface area contributed by atoms with Gasteiger partial charge in [0.2, 0.25) is 0 Å². The SMILES string of the molecule is O=C(C=Cc1ccccc1)C1=C(O)C(=O)N(CCN2CCOCC2)C1c1cccc(O)c1. The molecule has 1 fully saturated rings. The van der Waals surface area contributed by atoms with Crippen molar-refractivity contribution in [2.75, 3.05) is 39.4 Å². The van der Waals surface area contributed by atoms with Crippen molar-refractivity contribution in [3.8, 4) is 5.75 Å². The fraction of sp³-hybridized carbons (Fsp3) is 0.280. The number of nitrogens with zero attached hydrogens (tertiary/aromatic N) is 2. The minimum Gasteiger partial charge on any atom is -0.508 e. The molecule has 0 saturated carbocycles. The van der Waals surface area contributed by atoms with E-state index in [2.05, 4.69) is 4.90 Å². The number of aromatic hydroxyl groups is 1. The summed E-state index contributed by atoms with van der Waals surface area (Å²) in [5.74, 6) is -1.53. The number of phenolic OH excluding ortho intramolecular Hbond substituents is 1. The molecule has 2 aliphatic heterocycles. The lowest BCUT2D eigenvalue weighted by Crippen LogP contribution is -2.43. The summed E-state index contributed by atoms with van der Waals surface area (Å²) in [4.78, 5) is 29.8. The van der Waals surface area contributed by atoms with E-state index in [1.165, 1.54) is 23.1 Å². The normalized spacial score (nSPS) is 19.8. The zero-order chi connectivity index (χ0) is 22.5. The van der Waals surface area contributed by atoms with Gasteiger partial charge in [0.25, 0.3) is 5.91 Å². The molecule has 0 aliphatic carbocycles. The van der Waals surface area contributed by atoms with E-state index in [1.807, 2.05) is 30.3 Å². The van der Waals surface area contributed by atoms with Gasteiger partial charge in [0, 0.05) is 26.2 Å². The number of phenols is 1. The topological polar surface area (TPSA) is 90.3 Å². The van der Waals surface area contributed by atoms with Gasteiger partial charge in [-0.05, 0) is 29.3 Å². The third kappa shape index (κ3) is 4.74. The third-order valence-corrected chi connectivity index (χ3v) is 5.74. The fourth-order valence-electron chi connectivity index (χ4n) is 4.08. The van der Waals surface area contributed by atoms with E-state index < -0.39 is 23.5 Å². The number of benzene rings is 2. The van der Waals surface area contributed by atoms with Crippen molar-refractivity contribution < 1.29 is 24.5 Å². The van der Waals surface area contributed by atoms with Crippen molar-refractivity contribution in [3.63, 3.8) is 0 Å². The van der Waals surface area contributed by atoms with Crippen LogP contribution in [0, 0.1) is 0 Å². The van der Waals surface area contributed by atoms with Gasteiger partial charge in [0.15, 0.2) is 11.5 Å². The lowest BCUT2D eigenvalue weighted by molar-refractivity contribution is -0.129. The molecule has 2 aliphatic rings. The smallest absolute Gasteiger partial charge is 0.290 e. The highest BCUT2D eigenvalue weighted by atomic mass is 16.5. The minimum absolute atomic E-state index is 0.0229.